The van der Waals surface area contributed by atoms with Gasteiger partial charge in [-0.15, -0.1) is 0 Å². The van der Waals surface area contributed by atoms with E-state index in [1.807, 2.05) is 0 Å². The van der Waals surface area contributed by atoms with Crippen LogP contribution in [0.4, 0.5) is 4.39 Å². The molecule has 0 atom stereocenters. The molecule has 5 nitrogen and oxygen atoms in total. The van der Waals surface area contributed by atoms with Crippen molar-refractivity contribution in [3.8, 4) is 0 Å². The topological polar surface area (TPSA) is 75.3 Å². The monoisotopic (exact) mass is 288 g/mol. The van der Waals surface area contributed by atoms with Gasteiger partial charge in [-0.25, -0.2) is 17.5 Å². The van der Waals surface area contributed by atoms with Crippen molar-refractivity contribution in [2.75, 3.05) is 18.8 Å². The van der Waals surface area contributed by atoms with Crippen LogP contribution in [-0.4, -0.2) is 33.2 Å². The average molecular weight is 288 g/mol. The van der Waals surface area contributed by atoms with Gasteiger partial charge in [-0.3, -0.25) is 4.79 Å². The van der Waals surface area contributed by atoms with Crippen LogP contribution in [0.3, 0.4) is 0 Å². The highest BCUT2D eigenvalue weighted by atomic mass is 32.2. The molecule has 7 heteroatoms. The number of sulfonamides is 1. The van der Waals surface area contributed by atoms with Crippen molar-refractivity contribution in [3.05, 3.63) is 35.1 Å². The first kappa shape index (κ1) is 15.6. The summed E-state index contributed by atoms with van der Waals surface area (Å²) in [4.78, 5) is 11.7. The Morgan fingerprint density at radius 2 is 2.05 bits per heavy atom. The largest absolute Gasteiger partial charge is 0.351 e. The molecule has 0 aromatic heterocycles. The van der Waals surface area contributed by atoms with Gasteiger partial charge in [0.15, 0.2) is 0 Å². The highest BCUT2D eigenvalue weighted by molar-refractivity contribution is 7.89. The van der Waals surface area contributed by atoms with Crippen LogP contribution in [-0.2, 0) is 10.0 Å². The van der Waals surface area contributed by atoms with Crippen molar-refractivity contribution >= 4 is 15.9 Å². The van der Waals surface area contributed by atoms with Crippen LogP contribution in [0.15, 0.2) is 18.2 Å². The van der Waals surface area contributed by atoms with Gasteiger partial charge in [0.05, 0.1) is 11.3 Å². The third-order valence-electron chi connectivity index (χ3n) is 2.46. The summed E-state index contributed by atoms with van der Waals surface area (Å²) in [5.74, 6) is -1.44. The van der Waals surface area contributed by atoms with Crippen molar-refractivity contribution in [1.82, 2.24) is 10.0 Å². The lowest BCUT2D eigenvalue weighted by molar-refractivity contribution is 0.0952. The quantitative estimate of drug-likeness (QED) is 0.813. The van der Waals surface area contributed by atoms with E-state index < -0.39 is 21.7 Å². The zero-order valence-electron chi connectivity index (χ0n) is 10.9. The number of hydrogen-bond donors (Lipinski definition) is 2. The Bertz CT molecular complexity index is 558. The van der Waals surface area contributed by atoms with Crippen LogP contribution >= 0.6 is 0 Å². The van der Waals surface area contributed by atoms with Crippen LogP contribution < -0.4 is 10.0 Å². The molecule has 0 fully saturated rings. The van der Waals surface area contributed by atoms with Crippen molar-refractivity contribution in [2.24, 2.45) is 0 Å². The van der Waals surface area contributed by atoms with E-state index >= 15 is 0 Å². The van der Waals surface area contributed by atoms with E-state index in [9.17, 15) is 17.6 Å². The van der Waals surface area contributed by atoms with Gasteiger partial charge in [0, 0.05) is 13.1 Å². The summed E-state index contributed by atoms with van der Waals surface area (Å²) in [5.41, 5.74) is 0.286. The molecule has 2 N–H and O–H groups in total. The number of aryl methyl sites for hydroxylation is 1. The molecule has 1 aromatic rings. The number of amides is 1. The molecule has 0 unspecified atom stereocenters. The number of carbonyl (C=O) groups is 1. The van der Waals surface area contributed by atoms with Crippen molar-refractivity contribution in [2.45, 2.75) is 13.8 Å². The summed E-state index contributed by atoms with van der Waals surface area (Å²) in [7, 11) is -3.39. The van der Waals surface area contributed by atoms with Gasteiger partial charge in [-0.2, -0.15) is 0 Å². The molecule has 106 valence electrons. The van der Waals surface area contributed by atoms with Crippen molar-refractivity contribution < 1.29 is 17.6 Å². The molecule has 0 aliphatic rings. The van der Waals surface area contributed by atoms with Gasteiger partial charge in [-0.1, -0.05) is 19.1 Å². The second-order valence-electron chi connectivity index (χ2n) is 4.01. The molecule has 0 saturated heterocycles. The Morgan fingerprint density at radius 3 is 2.68 bits per heavy atom. The number of halogens is 1. The van der Waals surface area contributed by atoms with E-state index in [4.69, 9.17) is 0 Å². The van der Waals surface area contributed by atoms with Gasteiger partial charge < -0.3 is 5.32 Å². The minimum absolute atomic E-state index is 0.0679. The number of rotatable bonds is 6. The van der Waals surface area contributed by atoms with Crippen LogP contribution in [0.2, 0.25) is 0 Å². The Hall–Kier alpha value is -1.47. The fourth-order valence-electron chi connectivity index (χ4n) is 1.51. The molecule has 1 amide bonds. The summed E-state index contributed by atoms with van der Waals surface area (Å²) in [5, 5.41) is 2.38. The molecule has 0 heterocycles. The second-order valence-corrected chi connectivity index (χ2v) is 5.94. The molecule has 0 saturated carbocycles. The maximum absolute atomic E-state index is 13.6. The third-order valence-corrected chi connectivity index (χ3v) is 3.93. The summed E-state index contributed by atoms with van der Waals surface area (Å²) in [6.07, 6.45) is 0. The van der Waals surface area contributed by atoms with Crippen molar-refractivity contribution in [1.29, 1.82) is 0 Å². The minimum Gasteiger partial charge on any atom is -0.351 e. The predicted octanol–water partition coefficient (Wildman–Crippen LogP) is 0.803. The van der Waals surface area contributed by atoms with Crippen molar-refractivity contribution in [3.63, 3.8) is 0 Å². The van der Waals surface area contributed by atoms with Gasteiger partial charge in [0.25, 0.3) is 5.91 Å². The maximum Gasteiger partial charge on any atom is 0.254 e. The standard InChI is InChI=1S/C12H17FN2O3S/c1-3-15-19(17,18)8-7-14-12(16)10-6-4-5-9(2)11(10)13/h4-6,15H,3,7-8H2,1-2H3,(H,14,16). The zero-order chi connectivity index (χ0) is 14.5. The third kappa shape index (κ3) is 4.60. The predicted molar refractivity (Wildman–Crippen MR) is 70.9 cm³/mol. The molecule has 0 bridgehead atoms. The molecule has 0 aliphatic carbocycles. The minimum atomic E-state index is -3.39. The Morgan fingerprint density at radius 1 is 1.37 bits per heavy atom. The Kier molecular flexibility index (Phi) is 5.44. The molecule has 1 aromatic carbocycles. The summed E-state index contributed by atoms with van der Waals surface area (Å²) in [6.45, 7) is 3.45. The van der Waals surface area contributed by atoms with Gasteiger partial charge in [0.2, 0.25) is 10.0 Å². The number of nitrogens with one attached hydrogen (secondary N) is 2. The van der Waals surface area contributed by atoms with Crippen LogP contribution in [0.5, 0.6) is 0 Å². The summed E-state index contributed by atoms with van der Waals surface area (Å²) < 4.78 is 38.6. The van der Waals surface area contributed by atoms with E-state index in [0.29, 0.717) is 12.1 Å². The van der Waals surface area contributed by atoms with E-state index in [-0.39, 0.29) is 17.9 Å². The van der Waals surface area contributed by atoms with Crippen LogP contribution in [0.1, 0.15) is 22.8 Å². The van der Waals surface area contributed by atoms with Gasteiger partial charge in [-0.05, 0) is 18.6 Å². The molecule has 0 aliphatic heterocycles. The second kappa shape index (κ2) is 6.63. The lowest BCUT2D eigenvalue weighted by Crippen LogP contribution is -2.34. The zero-order valence-corrected chi connectivity index (χ0v) is 11.7. The molecule has 1 rings (SSSR count). The van der Waals surface area contributed by atoms with E-state index in [2.05, 4.69) is 10.0 Å². The highest BCUT2D eigenvalue weighted by Crippen LogP contribution is 2.11. The van der Waals surface area contributed by atoms with Gasteiger partial charge >= 0.3 is 0 Å². The molecular formula is C12H17FN2O3S. The molecular weight excluding hydrogens is 271 g/mol. The van der Waals surface area contributed by atoms with E-state index in [1.165, 1.54) is 6.07 Å². The lowest BCUT2D eigenvalue weighted by atomic mass is 10.1. The summed E-state index contributed by atoms with van der Waals surface area (Å²) in [6, 6.07) is 4.49. The smallest absolute Gasteiger partial charge is 0.254 e. The lowest BCUT2D eigenvalue weighted by Gasteiger charge is -2.08. The average Bonchev–Trinajstić information content (AvgIpc) is 2.32. The van der Waals surface area contributed by atoms with E-state index in [0.717, 1.165) is 0 Å². The number of benzene rings is 1. The highest BCUT2D eigenvalue weighted by Gasteiger charge is 2.14. The fourth-order valence-corrected chi connectivity index (χ4v) is 2.46. The number of carbonyl (C=O) groups excluding carboxylic acids is 1. The fraction of sp³-hybridized carbons (Fsp3) is 0.417. The van der Waals surface area contributed by atoms with Crippen LogP contribution in [0, 0.1) is 12.7 Å². The molecule has 0 radical (unpaired) electrons. The normalized spacial score (nSPS) is 11.3. The Balaban J connectivity index is 2.60. The van der Waals surface area contributed by atoms with Crippen LogP contribution in [0.25, 0.3) is 0 Å². The maximum atomic E-state index is 13.6. The first-order chi connectivity index (χ1) is 8.87. The first-order valence-corrected chi connectivity index (χ1v) is 7.53. The molecule has 19 heavy (non-hydrogen) atoms. The Labute approximate surface area is 112 Å². The first-order valence-electron chi connectivity index (χ1n) is 5.88. The summed E-state index contributed by atoms with van der Waals surface area (Å²) >= 11 is 0. The SMILES string of the molecule is CCNS(=O)(=O)CCNC(=O)c1cccc(C)c1F. The molecule has 0 spiro atoms. The number of hydrogen-bond acceptors (Lipinski definition) is 3. The van der Waals surface area contributed by atoms with Gasteiger partial charge in [0.1, 0.15) is 5.82 Å². The van der Waals surface area contributed by atoms with E-state index in [1.54, 1.807) is 26.0 Å².